The van der Waals surface area contributed by atoms with Gasteiger partial charge in [0.1, 0.15) is 5.82 Å². The van der Waals surface area contributed by atoms with Crippen LogP contribution in [-0.2, 0) is 6.18 Å². The summed E-state index contributed by atoms with van der Waals surface area (Å²) in [5.41, 5.74) is 1.35. The third kappa shape index (κ3) is 7.86. The number of anilines is 3. The van der Waals surface area contributed by atoms with Gasteiger partial charge in [0.2, 0.25) is 0 Å². The van der Waals surface area contributed by atoms with E-state index in [1.165, 1.54) is 18.0 Å². The van der Waals surface area contributed by atoms with Crippen LogP contribution in [0.2, 0.25) is 0 Å². The molecule has 1 aromatic heterocycles. The molecular formula is C23H35F3N4OS. The minimum Gasteiger partial charge on any atom is -0.400 e. The molecule has 3 rings (SSSR count). The van der Waals surface area contributed by atoms with Gasteiger partial charge in [-0.05, 0) is 68.4 Å². The first-order valence-corrected chi connectivity index (χ1v) is 11.6. The molecule has 0 amide bonds. The van der Waals surface area contributed by atoms with Crippen molar-refractivity contribution < 1.29 is 18.3 Å². The summed E-state index contributed by atoms with van der Waals surface area (Å²) in [5, 5.41) is 10.2. The number of benzene rings is 1. The molecule has 1 aliphatic rings. The number of aromatic nitrogens is 1. The van der Waals surface area contributed by atoms with Gasteiger partial charge in [-0.3, -0.25) is 4.72 Å². The van der Waals surface area contributed by atoms with E-state index in [1.54, 1.807) is 0 Å². The highest BCUT2D eigenvalue weighted by Gasteiger charge is 2.36. The van der Waals surface area contributed by atoms with E-state index in [1.807, 2.05) is 50.9 Å². The average Bonchev–Trinajstić information content (AvgIpc) is 2.78. The molecule has 0 bridgehead atoms. The number of pyridine rings is 1. The Balaban J connectivity index is 0.00000121. The van der Waals surface area contributed by atoms with E-state index in [2.05, 4.69) is 21.9 Å². The number of piperidine rings is 1. The largest absolute Gasteiger partial charge is 0.419 e. The quantitative estimate of drug-likeness (QED) is 0.447. The Morgan fingerprint density at radius 2 is 1.88 bits per heavy atom. The number of aliphatic hydroxyl groups is 1. The molecule has 1 atom stereocenters. The topological polar surface area (TPSA) is 60.4 Å². The van der Waals surface area contributed by atoms with Crippen LogP contribution in [0.4, 0.5) is 30.4 Å². The van der Waals surface area contributed by atoms with Crippen molar-refractivity contribution in [2.24, 2.45) is 5.92 Å². The molecule has 1 aromatic carbocycles. The van der Waals surface area contributed by atoms with Gasteiger partial charge in [-0.15, -0.1) is 0 Å². The molecule has 2 aromatic rings. The smallest absolute Gasteiger partial charge is 0.400 e. The summed E-state index contributed by atoms with van der Waals surface area (Å²) < 4.78 is 43.7. The predicted molar refractivity (Wildman–Crippen MR) is 129 cm³/mol. The van der Waals surface area contributed by atoms with E-state index in [4.69, 9.17) is 5.11 Å². The van der Waals surface area contributed by atoms with E-state index >= 15 is 0 Å². The second-order valence-corrected chi connectivity index (χ2v) is 8.27. The maximum absolute atomic E-state index is 13.5. The molecule has 1 saturated heterocycles. The normalized spacial score (nSPS) is 15.8. The molecule has 5 nitrogen and oxygen atoms in total. The summed E-state index contributed by atoms with van der Waals surface area (Å²) >= 11 is 1.51. The van der Waals surface area contributed by atoms with Crippen LogP contribution in [0.3, 0.4) is 0 Å². The highest BCUT2D eigenvalue weighted by molar-refractivity contribution is 7.97. The molecule has 1 unspecified atom stereocenters. The van der Waals surface area contributed by atoms with Gasteiger partial charge in [0.15, 0.2) is 0 Å². The van der Waals surface area contributed by atoms with Crippen LogP contribution in [0, 0.1) is 12.8 Å². The van der Waals surface area contributed by atoms with Gasteiger partial charge >= 0.3 is 6.18 Å². The van der Waals surface area contributed by atoms with Crippen LogP contribution in [0.5, 0.6) is 0 Å². The third-order valence-corrected chi connectivity index (χ3v) is 5.56. The average molecular weight is 473 g/mol. The third-order valence-electron chi connectivity index (χ3n) is 4.87. The van der Waals surface area contributed by atoms with Crippen LogP contribution in [-0.4, -0.2) is 37.3 Å². The lowest BCUT2D eigenvalue weighted by Gasteiger charge is -2.34. The molecule has 1 fully saturated rings. The van der Waals surface area contributed by atoms with Crippen molar-refractivity contribution in [2.75, 3.05) is 37.5 Å². The lowest BCUT2D eigenvalue weighted by molar-refractivity contribution is -0.137. The van der Waals surface area contributed by atoms with Gasteiger partial charge in [0.25, 0.3) is 0 Å². The van der Waals surface area contributed by atoms with Crippen LogP contribution >= 0.6 is 11.9 Å². The first-order valence-electron chi connectivity index (χ1n) is 10.8. The van der Waals surface area contributed by atoms with Crippen LogP contribution in [0.15, 0.2) is 35.4 Å². The molecule has 2 heterocycles. The lowest BCUT2D eigenvalue weighted by atomic mass is 9.99. The summed E-state index contributed by atoms with van der Waals surface area (Å²) in [6.07, 6.45) is -1.54. The van der Waals surface area contributed by atoms with Crippen LogP contribution < -0.4 is 14.9 Å². The summed E-state index contributed by atoms with van der Waals surface area (Å²) in [4.78, 5) is 6.94. The van der Waals surface area contributed by atoms with Gasteiger partial charge < -0.3 is 15.3 Å². The van der Waals surface area contributed by atoms with Crippen molar-refractivity contribution in [3.8, 4) is 0 Å². The van der Waals surface area contributed by atoms with E-state index in [0.717, 1.165) is 42.3 Å². The van der Waals surface area contributed by atoms with Gasteiger partial charge in [-0.1, -0.05) is 20.8 Å². The van der Waals surface area contributed by atoms with Crippen molar-refractivity contribution in [1.29, 1.82) is 0 Å². The first-order chi connectivity index (χ1) is 15.3. The Morgan fingerprint density at radius 3 is 2.44 bits per heavy atom. The van der Waals surface area contributed by atoms with Crippen molar-refractivity contribution >= 4 is 29.1 Å². The van der Waals surface area contributed by atoms with Crippen molar-refractivity contribution in [2.45, 2.75) is 51.6 Å². The fraction of sp³-hybridized carbons (Fsp3) is 0.522. The molecule has 32 heavy (non-hydrogen) atoms. The van der Waals surface area contributed by atoms with Crippen molar-refractivity contribution in [3.05, 3.63) is 41.6 Å². The fourth-order valence-electron chi connectivity index (χ4n) is 3.50. The number of nitrogens with one attached hydrogen (secondary N) is 2. The Bertz CT molecular complexity index is 833. The lowest BCUT2D eigenvalue weighted by Crippen LogP contribution is -2.35. The number of nitrogens with zero attached hydrogens (tertiary/aromatic N) is 2. The zero-order chi connectivity index (χ0) is 24.3. The number of aliphatic hydroxyl groups excluding tert-OH is 1. The first kappa shape index (κ1) is 28.1. The molecule has 3 N–H and O–H groups in total. The van der Waals surface area contributed by atoms with E-state index in [-0.39, 0.29) is 5.69 Å². The maximum Gasteiger partial charge on any atom is 0.419 e. The van der Waals surface area contributed by atoms with Gasteiger partial charge in [0.05, 0.1) is 11.3 Å². The molecule has 1 aliphatic heterocycles. The Labute approximate surface area is 194 Å². The molecule has 9 heteroatoms. The highest BCUT2D eigenvalue weighted by Crippen LogP contribution is 2.39. The van der Waals surface area contributed by atoms with Crippen LogP contribution in [0.1, 0.15) is 44.7 Å². The Morgan fingerprint density at radius 1 is 1.19 bits per heavy atom. The van der Waals surface area contributed by atoms with E-state index < -0.39 is 11.7 Å². The summed E-state index contributed by atoms with van der Waals surface area (Å²) in [5.74, 6) is 0.789. The maximum atomic E-state index is 13.5. The summed E-state index contributed by atoms with van der Waals surface area (Å²) in [7, 11) is 2.85. The van der Waals surface area contributed by atoms with Crippen molar-refractivity contribution in [3.63, 3.8) is 0 Å². The van der Waals surface area contributed by atoms with Gasteiger partial charge in [-0.2, -0.15) is 13.2 Å². The number of hydrogen-bond acceptors (Lipinski definition) is 6. The second kappa shape index (κ2) is 13.5. The molecule has 0 aliphatic carbocycles. The minimum absolute atomic E-state index is 0.205. The number of hydrogen-bond donors (Lipinski definition) is 3. The molecule has 0 radical (unpaired) electrons. The Kier molecular flexibility index (Phi) is 11.9. The molecule has 0 saturated carbocycles. The van der Waals surface area contributed by atoms with E-state index in [9.17, 15) is 13.2 Å². The zero-order valence-corrected chi connectivity index (χ0v) is 20.5. The molecular weight excluding hydrogens is 437 g/mol. The second-order valence-electron chi connectivity index (χ2n) is 7.19. The standard InChI is InChI=1S/C20H25F3N4S.C2H6.CH4O/c1-13-5-4-8-27(12-13)18-10-19(25-11-16(18)20(21,22)23)26-17-7-6-15(28-24-3)9-14(17)2;2*1-2/h6-7,9-11,13,24H,4-5,8,12H2,1-3H3,(H,25,26);1-2H3;2H,1H3. The fourth-order valence-corrected chi connectivity index (χ4v) is 4.10. The molecule has 180 valence electrons. The summed E-state index contributed by atoms with van der Waals surface area (Å²) in [6, 6.07) is 7.40. The van der Waals surface area contributed by atoms with Gasteiger partial charge in [0, 0.05) is 43.0 Å². The minimum atomic E-state index is -4.43. The SMILES string of the molecule is CC.CNSc1ccc(Nc2cc(N3CCCC(C)C3)c(C(F)(F)F)cn2)c(C)c1.CO. The Hall–Kier alpha value is -1.97. The predicted octanol–water partition coefficient (Wildman–Crippen LogP) is 6.25. The number of alkyl halides is 3. The summed E-state index contributed by atoms with van der Waals surface area (Å²) in [6.45, 7) is 9.29. The monoisotopic (exact) mass is 472 g/mol. The van der Waals surface area contributed by atoms with Crippen molar-refractivity contribution in [1.82, 2.24) is 9.71 Å². The number of rotatable bonds is 5. The molecule has 0 spiro atoms. The number of aryl methyl sites for hydroxylation is 1. The highest BCUT2D eigenvalue weighted by atomic mass is 32.2. The number of halogens is 3. The van der Waals surface area contributed by atoms with Gasteiger partial charge in [-0.25, -0.2) is 4.98 Å². The van der Waals surface area contributed by atoms with E-state index in [0.29, 0.717) is 24.8 Å². The van der Waals surface area contributed by atoms with Crippen LogP contribution in [0.25, 0.3) is 0 Å². The zero-order valence-electron chi connectivity index (χ0n) is 19.7.